The molecule has 6 nitrogen and oxygen atoms in total. The van der Waals surface area contributed by atoms with E-state index >= 15 is 0 Å². The molecule has 2 rings (SSSR count). The van der Waals surface area contributed by atoms with E-state index in [0.29, 0.717) is 18.2 Å². The van der Waals surface area contributed by atoms with Gasteiger partial charge in [-0.05, 0) is 26.0 Å². The lowest BCUT2D eigenvalue weighted by molar-refractivity contribution is 0.0791. The van der Waals surface area contributed by atoms with Crippen molar-refractivity contribution in [3.8, 4) is 0 Å². The second kappa shape index (κ2) is 6.47. The lowest BCUT2D eigenvalue weighted by Crippen LogP contribution is -2.33. The van der Waals surface area contributed by atoms with E-state index in [9.17, 15) is 4.79 Å². The molecule has 1 aliphatic rings. The van der Waals surface area contributed by atoms with Crippen LogP contribution in [-0.2, 0) is 0 Å². The minimum atomic E-state index is -0.0573. The van der Waals surface area contributed by atoms with Crippen molar-refractivity contribution >= 4 is 11.9 Å². The molecule has 2 heterocycles. The molecule has 0 saturated carbocycles. The highest BCUT2D eigenvalue weighted by molar-refractivity contribution is 5.92. The van der Waals surface area contributed by atoms with Crippen molar-refractivity contribution in [1.29, 1.82) is 0 Å². The highest BCUT2D eigenvalue weighted by atomic mass is 16.2. The molecular weight excluding hydrogens is 242 g/mol. The zero-order chi connectivity index (χ0) is 13.7. The number of carbonyl (C=O) groups excluding carboxylic acids is 1. The quantitative estimate of drug-likeness (QED) is 0.831. The van der Waals surface area contributed by atoms with Crippen molar-refractivity contribution < 1.29 is 4.79 Å². The van der Waals surface area contributed by atoms with Crippen molar-refractivity contribution in [2.45, 2.75) is 12.8 Å². The molecule has 104 valence electrons. The van der Waals surface area contributed by atoms with Gasteiger partial charge in [0.2, 0.25) is 5.95 Å². The van der Waals surface area contributed by atoms with E-state index in [1.54, 1.807) is 24.2 Å². The first kappa shape index (κ1) is 13.7. The molecule has 0 aromatic carbocycles. The van der Waals surface area contributed by atoms with E-state index in [1.165, 1.54) is 12.8 Å². The summed E-state index contributed by atoms with van der Waals surface area (Å²) in [6.45, 7) is 3.39. The SMILES string of the molecule is CNCCN(C)C(=O)c1ccnc(N2CCCC2)n1. The van der Waals surface area contributed by atoms with E-state index < -0.39 is 0 Å². The average Bonchev–Trinajstić information content (AvgIpc) is 2.98. The third-order valence-corrected chi connectivity index (χ3v) is 3.29. The number of nitrogens with zero attached hydrogens (tertiary/aromatic N) is 4. The fraction of sp³-hybridized carbons (Fsp3) is 0.615. The van der Waals surface area contributed by atoms with Crippen molar-refractivity contribution in [2.24, 2.45) is 0 Å². The van der Waals surface area contributed by atoms with Gasteiger partial charge in [0.1, 0.15) is 5.69 Å². The van der Waals surface area contributed by atoms with E-state index in [1.807, 2.05) is 7.05 Å². The Labute approximate surface area is 113 Å². The first-order valence-electron chi connectivity index (χ1n) is 6.70. The van der Waals surface area contributed by atoms with Crippen LogP contribution in [0.2, 0.25) is 0 Å². The molecule has 1 aromatic heterocycles. The predicted octanol–water partition coefficient (Wildman–Crippen LogP) is 0.368. The van der Waals surface area contributed by atoms with Gasteiger partial charge in [0, 0.05) is 39.4 Å². The number of aromatic nitrogens is 2. The average molecular weight is 263 g/mol. The molecule has 0 radical (unpaired) electrons. The Morgan fingerprint density at radius 3 is 2.89 bits per heavy atom. The molecule has 1 amide bonds. The maximum Gasteiger partial charge on any atom is 0.272 e. The van der Waals surface area contributed by atoms with Crippen LogP contribution in [0, 0.1) is 0 Å². The molecule has 0 atom stereocenters. The summed E-state index contributed by atoms with van der Waals surface area (Å²) in [5.41, 5.74) is 0.468. The molecular formula is C13H21N5O. The van der Waals surface area contributed by atoms with Gasteiger partial charge in [-0.25, -0.2) is 9.97 Å². The number of rotatable bonds is 5. The minimum absolute atomic E-state index is 0.0573. The summed E-state index contributed by atoms with van der Waals surface area (Å²) in [5.74, 6) is 0.614. The lowest BCUT2D eigenvalue weighted by Gasteiger charge is -2.18. The summed E-state index contributed by atoms with van der Waals surface area (Å²) in [7, 11) is 3.66. The highest BCUT2D eigenvalue weighted by Gasteiger charge is 2.18. The molecule has 6 heteroatoms. The topological polar surface area (TPSA) is 61.4 Å². The molecule has 1 saturated heterocycles. The van der Waals surface area contributed by atoms with Gasteiger partial charge >= 0.3 is 0 Å². The van der Waals surface area contributed by atoms with E-state index in [2.05, 4.69) is 20.2 Å². The lowest BCUT2D eigenvalue weighted by atomic mass is 10.3. The summed E-state index contributed by atoms with van der Waals surface area (Å²) >= 11 is 0. The number of nitrogens with one attached hydrogen (secondary N) is 1. The standard InChI is InChI=1S/C13H21N5O/c1-14-7-10-17(2)12(19)11-5-6-15-13(16-11)18-8-3-4-9-18/h5-6,14H,3-4,7-10H2,1-2H3. The van der Waals surface area contributed by atoms with Crippen LogP contribution in [-0.4, -0.2) is 61.0 Å². The molecule has 0 bridgehead atoms. The van der Waals surface area contributed by atoms with Crippen molar-refractivity contribution in [3.63, 3.8) is 0 Å². The maximum atomic E-state index is 12.2. The van der Waals surface area contributed by atoms with Gasteiger partial charge in [-0.1, -0.05) is 0 Å². The van der Waals surface area contributed by atoms with Gasteiger partial charge in [-0.2, -0.15) is 0 Å². The molecule has 1 aromatic rings. The Bertz CT molecular complexity index is 431. The minimum Gasteiger partial charge on any atom is -0.341 e. The Morgan fingerprint density at radius 2 is 2.21 bits per heavy atom. The number of anilines is 1. The highest BCUT2D eigenvalue weighted by Crippen LogP contribution is 2.15. The summed E-state index contributed by atoms with van der Waals surface area (Å²) < 4.78 is 0. The van der Waals surface area contributed by atoms with Gasteiger partial charge in [0.05, 0.1) is 0 Å². The van der Waals surface area contributed by atoms with Crippen LogP contribution in [0.1, 0.15) is 23.3 Å². The molecule has 1 aliphatic heterocycles. The normalized spacial score (nSPS) is 14.7. The smallest absolute Gasteiger partial charge is 0.272 e. The Kier molecular flexibility index (Phi) is 4.68. The third kappa shape index (κ3) is 3.41. The van der Waals surface area contributed by atoms with Crippen molar-refractivity contribution in [1.82, 2.24) is 20.2 Å². The number of carbonyl (C=O) groups is 1. The van der Waals surface area contributed by atoms with Crippen molar-refractivity contribution in [2.75, 3.05) is 45.2 Å². The van der Waals surface area contributed by atoms with Crippen LogP contribution >= 0.6 is 0 Å². The third-order valence-electron chi connectivity index (χ3n) is 3.29. The first-order chi connectivity index (χ1) is 9.22. The van der Waals surface area contributed by atoms with Crippen LogP contribution in [0.25, 0.3) is 0 Å². The Morgan fingerprint density at radius 1 is 1.47 bits per heavy atom. The van der Waals surface area contributed by atoms with Gasteiger partial charge in [-0.15, -0.1) is 0 Å². The fourth-order valence-electron chi connectivity index (χ4n) is 2.11. The van der Waals surface area contributed by atoms with E-state index in [4.69, 9.17) is 0 Å². The van der Waals surface area contributed by atoms with E-state index in [0.717, 1.165) is 19.6 Å². The van der Waals surface area contributed by atoms with Gasteiger partial charge in [0.15, 0.2) is 0 Å². The molecule has 19 heavy (non-hydrogen) atoms. The summed E-state index contributed by atoms with van der Waals surface area (Å²) in [6, 6.07) is 1.68. The monoisotopic (exact) mass is 263 g/mol. The van der Waals surface area contributed by atoms with Gasteiger partial charge < -0.3 is 15.1 Å². The summed E-state index contributed by atoms with van der Waals surface area (Å²) in [6.07, 6.45) is 4.01. The van der Waals surface area contributed by atoms with Crippen LogP contribution in [0.5, 0.6) is 0 Å². The summed E-state index contributed by atoms with van der Waals surface area (Å²) in [5, 5.41) is 3.03. The largest absolute Gasteiger partial charge is 0.341 e. The summed E-state index contributed by atoms with van der Waals surface area (Å²) in [4.78, 5) is 24.7. The number of amides is 1. The second-order valence-electron chi connectivity index (χ2n) is 4.77. The zero-order valence-corrected chi connectivity index (χ0v) is 11.6. The number of likely N-dealkylation sites (N-methyl/N-ethyl adjacent to an activating group) is 2. The molecule has 0 unspecified atom stereocenters. The second-order valence-corrected chi connectivity index (χ2v) is 4.77. The van der Waals surface area contributed by atoms with Crippen LogP contribution in [0.3, 0.4) is 0 Å². The predicted molar refractivity (Wildman–Crippen MR) is 74.4 cm³/mol. The van der Waals surface area contributed by atoms with Crippen molar-refractivity contribution in [3.05, 3.63) is 18.0 Å². The molecule has 0 aliphatic carbocycles. The van der Waals surface area contributed by atoms with Gasteiger partial charge in [-0.3, -0.25) is 4.79 Å². The van der Waals surface area contributed by atoms with Gasteiger partial charge in [0.25, 0.3) is 5.91 Å². The Hall–Kier alpha value is -1.69. The van der Waals surface area contributed by atoms with Crippen LogP contribution in [0.15, 0.2) is 12.3 Å². The van der Waals surface area contributed by atoms with Crippen LogP contribution in [0.4, 0.5) is 5.95 Å². The van der Waals surface area contributed by atoms with Crippen LogP contribution < -0.4 is 10.2 Å². The molecule has 1 fully saturated rings. The zero-order valence-electron chi connectivity index (χ0n) is 11.6. The maximum absolute atomic E-state index is 12.2. The first-order valence-corrected chi connectivity index (χ1v) is 6.70. The fourth-order valence-corrected chi connectivity index (χ4v) is 2.11. The Balaban J connectivity index is 2.07. The van der Waals surface area contributed by atoms with E-state index in [-0.39, 0.29) is 5.91 Å². The molecule has 1 N–H and O–H groups in total. The molecule has 0 spiro atoms. The number of hydrogen-bond donors (Lipinski definition) is 1. The number of hydrogen-bond acceptors (Lipinski definition) is 5.